The molecule has 0 amide bonds. The van der Waals surface area contributed by atoms with Gasteiger partial charge in [0.25, 0.3) is 0 Å². The van der Waals surface area contributed by atoms with Crippen molar-refractivity contribution in [3.8, 4) is 5.75 Å². The van der Waals surface area contributed by atoms with Gasteiger partial charge in [0, 0.05) is 12.0 Å². The SMILES string of the molecule is CCNCC1(c2cccc(OC)c2)CC1. The van der Waals surface area contributed by atoms with E-state index in [0.29, 0.717) is 5.41 Å². The predicted octanol–water partition coefficient (Wildman–Crippen LogP) is 2.34. The second-order valence-corrected chi connectivity index (χ2v) is 4.29. The van der Waals surface area contributed by atoms with Crippen molar-refractivity contribution in [1.82, 2.24) is 5.32 Å². The van der Waals surface area contributed by atoms with E-state index in [1.165, 1.54) is 18.4 Å². The predicted molar refractivity (Wildman–Crippen MR) is 62.4 cm³/mol. The quantitative estimate of drug-likeness (QED) is 0.796. The van der Waals surface area contributed by atoms with E-state index in [0.717, 1.165) is 18.8 Å². The molecule has 15 heavy (non-hydrogen) atoms. The molecule has 0 aliphatic heterocycles. The third-order valence-electron chi connectivity index (χ3n) is 3.25. The topological polar surface area (TPSA) is 21.3 Å². The molecule has 2 heteroatoms. The molecule has 0 spiro atoms. The average Bonchev–Trinajstić information content (AvgIpc) is 3.08. The van der Waals surface area contributed by atoms with Crippen LogP contribution in [0.25, 0.3) is 0 Å². The summed E-state index contributed by atoms with van der Waals surface area (Å²) >= 11 is 0. The van der Waals surface area contributed by atoms with E-state index in [2.05, 4.69) is 30.4 Å². The van der Waals surface area contributed by atoms with Gasteiger partial charge in [-0.3, -0.25) is 0 Å². The van der Waals surface area contributed by atoms with Crippen LogP contribution >= 0.6 is 0 Å². The summed E-state index contributed by atoms with van der Waals surface area (Å²) in [7, 11) is 1.73. The molecular weight excluding hydrogens is 186 g/mol. The van der Waals surface area contributed by atoms with Crippen molar-refractivity contribution in [3.05, 3.63) is 29.8 Å². The van der Waals surface area contributed by atoms with E-state index in [9.17, 15) is 0 Å². The maximum absolute atomic E-state index is 5.26. The average molecular weight is 205 g/mol. The molecule has 1 fully saturated rings. The first kappa shape index (κ1) is 10.5. The Balaban J connectivity index is 2.14. The molecule has 0 heterocycles. The molecule has 0 radical (unpaired) electrons. The molecule has 2 nitrogen and oxygen atoms in total. The van der Waals surface area contributed by atoms with Gasteiger partial charge in [0.05, 0.1) is 7.11 Å². The smallest absolute Gasteiger partial charge is 0.119 e. The first-order chi connectivity index (χ1) is 7.30. The van der Waals surface area contributed by atoms with Crippen LogP contribution in [0.15, 0.2) is 24.3 Å². The molecule has 82 valence electrons. The minimum Gasteiger partial charge on any atom is -0.497 e. The van der Waals surface area contributed by atoms with Gasteiger partial charge in [0.2, 0.25) is 0 Å². The zero-order valence-electron chi connectivity index (χ0n) is 9.55. The van der Waals surface area contributed by atoms with E-state index < -0.39 is 0 Å². The molecule has 0 unspecified atom stereocenters. The minimum atomic E-state index is 0.393. The highest BCUT2D eigenvalue weighted by Gasteiger charge is 2.43. The second-order valence-electron chi connectivity index (χ2n) is 4.29. The maximum Gasteiger partial charge on any atom is 0.119 e. The molecule has 2 rings (SSSR count). The van der Waals surface area contributed by atoms with Crippen molar-refractivity contribution in [2.45, 2.75) is 25.2 Å². The number of hydrogen-bond donors (Lipinski definition) is 1. The van der Waals surface area contributed by atoms with Gasteiger partial charge in [-0.25, -0.2) is 0 Å². The first-order valence-corrected chi connectivity index (χ1v) is 5.66. The van der Waals surface area contributed by atoms with Crippen LogP contribution < -0.4 is 10.1 Å². The molecule has 1 aromatic rings. The first-order valence-electron chi connectivity index (χ1n) is 5.66. The summed E-state index contributed by atoms with van der Waals surface area (Å²) in [5.74, 6) is 0.968. The lowest BCUT2D eigenvalue weighted by atomic mass is 9.96. The number of benzene rings is 1. The molecule has 0 saturated heterocycles. The standard InChI is InChI=1S/C13H19NO/c1-3-14-10-13(7-8-13)11-5-4-6-12(9-11)15-2/h4-6,9,14H,3,7-8,10H2,1-2H3. The van der Waals surface area contributed by atoms with Crippen molar-refractivity contribution in [3.63, 3.8) is 0 Å². The van der Waals surface area contributed by atoms with Crippen molar-refractivity contribution >= 4 is 0 Å². The Hall–Kier alpha value is -1.02. The van der Waals surface area contributed by atoms with Gasteiger partial charge in [-0.2, -0.15) is 0 Å². The highest BCUT2D eigenvalue weighted by atomic mass is 16.5. The summed E-state index contributed by atoms with van der Waals surface area (Å²) in [5, 5.41) is 3.45. The van der Waals surface area contributed by atoms with Crippen molar-refractivity contribution < 1.29 is 4.74 Å². The summed E-state index contributed by atoms with van der Waals surface area (Å²) < 4.78 is 5.26. The van der Waals surface area contributed by atoms with E-state index in [1.54, 1.807) is 7.11 Å². The zero-order valence-corrected chi connectivity index (χ0v) is 9.55. The Kier molecular flexibility index (Phi) is 2.96. The monoisotopic (exact) mass is 205 g/mol. The number of hydrogen-bond acceptors (Lipinski definition) is 2. The van der Waals surface area contributed by atoms with E-state index in [-0.39, 0.29) is 0 Å². The van der Waals surface area contributed by atoms with Gasteiger partial charge < -0.3 is 10.1 Å². The van der Waals surface area contributed by atoms with E-state index in [4.69, 9.17) is 4.74 Å². The molecule has 0 aromatic heterocycles. The fourth-order valence-electron chi connectivity index (χ4n) is 2.04. The van der Waals surface area contributed by atoms with Crippen LogP contribution in [0.5, 0.6) is 5.75 Å². The zero-order chi connectivity index (χ0) is 10.7. The summed E-state index contributed by atoms with van der Waals surface area (Å²) in [4.78, 5) is 0. The van der Waals surface area contributed by atoms with Crippen LogP contribution in [-0.2, 0) is 5.41 Å². The molecule has 1 aromatic carbocycles. The Labute approximate surface area is 91.6 Å². The van der Waals surface area contributed by atoms with Gasteiger partial charge in [-0.1, -0.05) is 19.1 Å². The summed E-state index contributed by atoms with van der Waals surface area (Å²) in [6.45, 7) is 4.30. The van der Waals surface area contributed by atoms with Gasteiger partial charge in [0.15, 0.2) is 0 Å². The van der Waals surface area contributed by atoms with Crippen LogP contribution in [-0.4, -0.2) is 20.2 Å². The Morgan fingerprint density at radius 1 is 1.40 bits per heavy atom. The molecule has 0 atom stereocenters. The molecular formula is C13H19NO. The number of rotatable bonds is 5. The number of ether oxygens (including phenoxy) is 1. The van der Waals surface area contributed by atoms with Gasteiger partial charge in [-0.15, -0.1) is 0 Å². The van der Waals surface area contributed by atoms with Crippen LogP contribution in [0.4, 0.5) is 0 Å². The second kappa shape index (κ2) is 4.23. The van der Waals surface area contributed by atoms with Crippen molar-refractivity contribution in [2.24, 2.45) is 0 Å². The van der Waals surface area contributed by atoms with Crippen LogP contribution in [0.1, 0.15) is 25.3 Å². The van der Waals surface area contributed by atoms with Crippen LogP contribution in [0.2, 0.25) is 0 Å². The molecule has 1 saturated carbocycles. The molecule has 1 N–H and O–H groups in total. The fraction of sp³-hybridized carbons (Fsp3) is 0.538. The van der Waals surface area contributed by atoms with Gasteiger partial charge in [-0.05, 0) is 37.1 Å². The summed E-state index contributed by atoms with van der Waals surface area (Å²) in [6, 6.07) is 8.48. The highest BCUT2D eigenvalue weighted by Crippen LogP contribution is 2.48. The Morgan fingerprint density at radius 3 is 2.80 bits per heavy atom. The summed E-state index contributed by atoms with van der Waals surface area (Å²) in [6.07, 6.45) is 2.60. The van der Waals surface area contributed by atoms with Gasteiger partial charge in [0.1, 0.15) is 5.75 Å². The van der Waals surface area contributed by atoms with Crippen molar-refractivity contribution in [1.29, 1.82) is 0 Å². The lowest BCUT2D eigenvalue weighted by molar-refractivity contribution is 0.413. The Bertz CT molecular complexity index is 331. The largest absolute Gasteiger partial charge is 0.497 e. The molecule has 1 aliphatic rings. The number of nitrogens with one attached hydrogen (secondary N) is 1. The lowest BCUT2D eigenvalue weighted by Gasteiger charge is -2.16. The minimum absolute atomic E-state index is 0.393. The number of likely N-dealkylation sites (N-methyl/N-ethyl adjacent to an activating group) is 1. The maximum atomic E-state index is 5.26. The van der Waals surface area contributed by atoms with Crippen LogP contribution in [0.3, 0.4) is 0 Å². The van der Waals surface area contributed by atoms with Gasteiger partial charge >= 0.3 is 0 Å². The number of methoxy groups -OCH3 is 1. The summed E-state index contributed by atoms with van der Waals surface area (Å²) in [5.41, 5.74) is 1.81. The highest BCUT2D eigenvalue weighted by molar-refractivity contribution is 5.37. The lowest BCUT2D eigenvalue weighted by Crippen LogP contribution is -2.26. The van der Waals surface area contributed by atoms with Crippen LogP contribution in [0, 0.1) is 0 Å². The Morgan fingerprint density at radius 2 is 2.20 bits per heavy atom. The fourth-order valence-corrected chi connectivity index (χ4v) is 2.04. The third-order valence-corrected chi connectivity index (χ3v) is 3.25. The third kappa shape index (κ3) is 2.15. The van der Waals surface area contributed by atoms with E-state index in [1.807, 2.05) is 6.07 Å². The van der Waals surface area contributed by atoms with E-state index >= 15 is 0 Å². The molecule has 0 bridgehead atoms. The van der Waals surface area contributed by atoms with Crippen molar-refractivity contribution in [2.75, 3.05) is 20.2 Å². The normalized spacial score (nSPS) is 17.5. The molecule has 1 aliphatic carbocycles.